The third-order valence-corrected chi connectivity index (χ3v) is 4.34. The van der Waals surface area contributed by atoms with E-state index in [2.05, 4.69) is 15.8 Å². The normalized spacial score (nSPS) is 10.6. The van der Waals surface area contributed by atoms with Crippen LogP contribution < -0.4 is 20.2 Å². The Morgan fingerprint density at radius 3 is 2.47 bits per heavy atom. The summed E-state index contributed by atoms with van der Waals surface area (Å²) in [6, 6.07) is 20.0. The van der Waals surface area contributed by atoms with E-state index < -0.39 is 17.6 Å². The van der Waals surface area contributed by atoms with Crippen molar-refractivity contribution in [1.82, 2.24) is 10.7 Å². The summed E-state index contributed by atoms with van der Waals surface area (Å²) in [6.45, 7) is 0.132. The number of nitrogens with one attached hydrogen (secondary N) is 2. The lowest BCUT2D eigenvalue weighted by Gasteiger charge is -2.11. The molecule has 2 amide bonds. The lowest BCUT2D eigenvalue weighted by Crippen LogP contribution is -2.34. The summed E-state index contributed by atoms with van der Waals surface area (Å²) in [5.41, 5.74) is 4.30. The van der Waals surface area contributed by atoms with Gasteiger partial charge in [-0.1, -0.05) is 30.3 Å². The molecule has 0 unspecified atom stereocenters. The van der Waals surface area contributed by atoms with E-state index in [0.29, 0.717) is 23.7 Å². The van der Waals surface area contributed by atoms with Crippen molar-refractivity contribution in [3.05, 3.63) is 95.3 Å². The second-order valence-corrected chi connectivity index (χ2v) is 6.67. The predicted octanol–water partition coefficient (Wildman–Crippen LogP) is 3.29. The lowest BCUT2D eigenvalue weighted by atomic mass is 10.2. The zero-order valence-electron chi connectivity index (χ0n) is 17.4. The Kier molecular flexibility index (Phi) is 7.91. The van der Waals surface area contributed by atoms with Crippen LogP contribution >= 0.6 is 0 Å². The molecule has 0 aromatic heterocycles. The number of amides is 2. The Balaban J connectivity index is 1.49. The van der Waals surface area contributed by atoms with E-state index in [4.69, 9.17) is 9.47 Å². The summed E-state index contributed by atoms with van der Waals surface area (Å²) in [7, 11) is 1.54. The second kappa shape index (κ2) is 11.3. The highest BCUT2D eigenvalue weighted by Crippen LogP contribution is 2.28. The van der Waals surface area contributed by atoms with Gasteiger partial charge < -0.3 is 14.8 Å². The Morgan fingerprint density at radius 1 is 1.00 bits per heavy atom. The fourth-order valence-electron chi connectivity index (χ4n) is 2.70. The first-order valence-corrected chi connectivity index (χ1v) is 9.75. The fraction of sp³-hybridized carbons (Fsp3) is 0.125. The number of hydrazone groups is 1. The van der Waals surface area contributed by atoms with Crippen molar-refractivity contribution in [2.24, 2.45) is 5.10 Å². The quantitative estimate of drug-likeness (QED) is 0.399. The molecule has 3 aromatic rings. The molecule has 164 valence electrons. The minimum Gasteiger partial charge on any atom is -0.493 e. The van der Waals surface area contributed by atoms with Crippen molar-refractivity contribution < 1.29 is 23.5 Å². The molecule has 0 aliphatic carbocycles. The van der Waals surface area contributed by atoms with Gasteiger partial charge in [0.25, 0.3) is 11.8 Å². The van der Waals surface area contributed by atoms with Crippen molar-refractivity contribution in [1.29, 1.82) is 0 Å². The van der Waals surface area contributed by atoms with E-state index in [9.17, 15) is 14.0 Å². The second-order valence-electron chi connectivity index (χ2n) is 6.67. The van der Waals surface area contributed by atoms with Crippen LogP contribution in [0.2, 0.25) is 0 Å². The van der Waals surface area contributed by atoms with E-state index in [1.807, 2.05) is 30.3 Å². The molecule has 0 radical (unpaired) electrons. The van der Waals surface area contributed by atoms with Gasteiger partial charge in [-0.2, -0.15) is 5.10 Å². The molecule has 7 nitrogen and oxygen atoms in total. The maximum absolute atomic E-state index is 12.9. The zero-order chi connectivity index (χ0) is 22.8. The van der Waals surface area contributed by atoms with Crippen LogP contribution in [0.5, 0.6) is 11.5 Å². The largest absolute Gasteiger partial charge is 0.493 e. The molecular weight excluding hydrogens is 413 g/mol. The van der Waals surface area contributed by atoms with Gasteiger partial charge >= 0.3 is 0 Å². The molecular formula is C24H22FN3O4. The average Bonchev–Trinajstić information content (AvgIpc) is 2.82. The smallest absolute Gasteiger partial charge is 0.259 e. The molecule has 32 heavy (non-hydrogen) atoms. The van der Waals surface area contributed by atoms with E-state index in [-0.39, 0.29) is 12.1 Å². The molecule has 0 bridgehead atoms. The van der Waals surface area contributed by atoms with Crippen LogP contribution in [-0.4, -0.2) is 31.7 Å². The summed E-state index contributed by atoms with van der Waals surface area (Å²) in [5, 5.41) is 6.32. The number of methoxy groups -OCH3 is 1. The monoisotopic (exact) mass is 435 g/mol. The molecule has 0 spiro atoms. The molecule has 0 saturated heterocycles. The summed E-state index contributed by atoms with van der Waals surface area (Å²) >= 11 is 0. The van der Waals surface area contributed by atoms with E-state index >= 15 is 0 Å². The fourth-order valence-corrected chi connectivity index (χ4v) is 2.70. The van der Waals surface area contributed by atoms with E-state index in [0.717, 1.165) is 5.56 Å². The minimum atomic E-state index is -0.508. The molecule has 0 aliphatic rings. The van der Waals surface area contributed by atoms with E-state index in [1.165, 1.54) is 37.6 Å². The zero-order valence-corrected chi connectivity index (χ0v) is 17.4. The predicted molar refractivity (Wildman–Crippen MR) is 118 cm³/mol. The number of benzene rings is 3. The number of ether oxygens (including phenoxy) is 2. The van der Waals surface area contributed by atoms with Crippen LogP contribution in [0, 0.1) is 5.82 Å². The van der Waals surface area contributed by atoms with Crippen LogP contribution in [0.15, 0.2) is 77.9 Å². The first kappa shape index (κ1) is 22.5. The standard InChI is InChI=1S/C24H22FN3O4/c1-31-22-13-18(7-12-21(22)32-16-17-5-3-2-4-6-17)14-27-28-23(29)15-26-24(30)19-8-10-20(25)11-9-19/h2-14H,15-16H2,1H3,(H,26,30)(H,28,29)/b27-14-. The van der Waals surface area contributed by atoms with Gasteiger partial charge in [-0.25, -0.2) is 9.82 Å². The maximum Gasteiger partial charge on any atom is 0.259 e. The highest BCUT2D eigenvalue weighted by Gasteiger charge is 2.08. The maximum atomic E-state index is 12.9. The summed E-state index contributed by atoms with van der Waals surface area (Å²) in [6.07, 6.45) is 1.45. The number of hydrogen-bond acceptors (Lipinski definition) is 5. The topological polar surface area (TPSA) is 89.0 Å². The van der Waals surface area contributed by atoms with Crippen molar-refractivity contribution >= 4 is 18.0 Å². The Hall–Kier alpha value is -4.20. The number of hydrogen-bond donors (Lipinski definition) is 2. The van der Waals surface area contributed by atoms with Gasteiger partial charge in [0.15, 0.2) is 11.5 Å². The summed E-state index contributed by atoms with van der Waals surface area (Å²) in [4.78, 5) is 23.8. The van der Waals surface area contributed by atoms with Crippen LogP contribution in [0.4, 0.5) is 4.39 Å². The van der Waals surface area contributed by atoms with Crippen LogP contribution in [-0.2, 0) is 11.4 Å². The molecule has 8 heteroatoms. The third kappa shape index (κ3) is 6.66. The first-order valence-electron chi connectivity index (χ1n) is 9.75. The van der Waals surface area contributed by atoms with E-state index in [1.54, 1.807) is 18.2 Å². The van der Waals surface area contributed by atoms with Gasteiger partial charge in [-0.05, 0) is 53.6 Å². The summed E-state index contributed by atoms with van der Waals surface area (Å²) < 4.78 is 24.1. The first-order chi connectivity index (χ1) is 15.5. The molecule has 3 aromatic carbocycles. The average molecular weight is 435 g/mol. The van der Waals surface area contributed by atoms with Crippen molar-refractivity contribution in [2.75, 3.05) is 13.7 Å². The molecule has 2 N–H and O–H groups in total. The molecule has 0 atom stereocenters. The minimum absolute atomic E-state index is 0.254. The molecule has 0 heterocycles. The number of carbonyl (C=O) groups excluding carboxylic acids is 2. The van der Waals surface area contributed by atoms with Crippen LogP contribution in [0.1, 0.15) is 21.5 Å². The Bertz CT molecular complexity index is 1090. The van der Waals surface area contributed by atoms with Gasteiger partial charge in [-0.15, -0.1) is 0 Å². The van der Waals surface area contributed by atoms with Crippen molar-refractivity contribution in [3.63, 3.8) is 0 Å². The van der Waals surface area contributed by atoms with Gasteiger partial charge in [0.2, 0.25) is 0 Å². The van der Waals surface area contributed by atoms with Gasteiger partial charge in [-0.3, -0.25) is 9.59 Å². The molecule has 3 rings (SSSR count). The van der Waals surface area contributed by atoms with Crippen molar-refractivity contribution in [2.45, 2.75) is 6.61 Å². The van der Waals surface area contributed by atoms with Crippen LogP contribution in [0.25, 0.3) is 0 Å². The van der Waals surface area contributed by atoms with Gasteiger partial charge in [0.1, 0.15) is 12.4 Å². The molecule has 0 saturated carbocycles. The SMILES string of the molecule is COc1cc(/C=N\NC(=O)CNC(=O)c2ccc(F)cc2)ccc1OCc1ccccc1. The number of halogens is 1. The van der Waals surface area contributed by atoms with Crippen LogP contribution in [0.3, 0.4) is 0 Å². The summed E-state index contributed by atoms with van der Waals surface area (Å²) in [5.74, 6) is -0.323. The molecule has 0 fully saturated rings. The highest BCUT2D eigenvalue weighted by molar-refractivity contribution is 5.96. The highest BCUT2D eigenvalue weighted by atomic mass is 19.1. The number of rotatable bonds is 9. The van der Waals surface area contributed by atoms with Gasteiger partial charge in [0.05, 0.1) is 19.9 Å². The van der Waals surface area contributed by atoms with Crippen molar-refractivity contribution in [3.8, 4) is 11.5 Å². The van der Waals surface area contributed by atoms with Gasteiger partial charge in [0, 0.05) is 5.56 Å². The molecule has 0 aliphatic heterocycles. The third-order valence-electron chi connectivity index (χ3n) is 4.34. The number of carbonyl (C=O) groups is 2. The Labute approximate surface area is 184 Å². The lowest BCUT2D eigenvalue weighted by molar-refractivity contribution is -0.120. The number of nitrogens with zero attached hydrogens (tertiary/aromatic N) is 1. The Morgan fingerprint density at radius 2 is 1.75 bits per heavy atom.